The second kappa shape index (κ2) is 11.4. The fourth-order valence-corrected chi connectivity index (χ4v) is 5.54. The fourth-order valence-electron chi connectivity index (χ4n) is 5.54. The van der Waals surface area contributed by atoms with E-state index >= 15 is 0 Å². The molecule has 0 aromatic heterocycles. The van der Waals surface area contributed by atoms with Crippen molar-refractivity contribution in [3.05, 3.63) is 60.4 Å². The predicted octanol–water partition coefficient (Wildman–Crippen LogP) is 4.02. The summed E-state index contributed by atoms with van der Waals surface area (Å²) in [7, 11) is 3.19. The van der Waals surface area contributed by atoms with Gasteiger partial charge in [0.05, 0.1) is 44.7 Å². The smallest absolute Gasteiger partial charge is 0.173 e. The highest BCUT2D eigenvalue weighted by molar-refractivity contribution is 6.22. The first-order valence-electron chi connectivity index (χ1n) is 12.9. The molecular formula is C29H36N2O5. The molecule has 3 atom stereocenters. The molecule has 7 heteroatoms. The number of para-hydroxylation sites is 1. The zero-order valence-electron chi connectivity index (χ0n) is 21.2. The molecule has 0 radical (unpaired) electrons. The van der Waals surface area contributed by atoms with Crippen LogP contribution >= 0.6 is 0 Å². The molecule has 0 N–H and O–H groups in total. The van der Waals surface area contributed by atoms with Crippen LogP contribution in [0, 0.1) is 5.92 Å². The molecule has 3 unspecified atom stereocenters. The lowest BCUT2D eigenvalue weighted by Gasteiger charge is -2.38. The summed E-state index contributed by atoms with van der Waals surface area (Å²) >= 11 is 0. The van der Waals surface area contributed by atoms with Gasteiger partial charge in [0, 0.05) is 44.8 Å². The number of methoxy groups -OCH3 is 2. The maximum absolute atomic E-state index is 13.3. The molecule has 36 heavy (non-hydrogen) atoms. The van der Waals surface area contributed by atoms with Gasteiger partial charge in [-0.05, 0) is 42.7 Å². The number of carbonyl (C=O) groups excluding carboxylic acids is 1. The van der Waals surface area contributed by atoms with Gasteiger partial charge in [-0.25, -0.2) is 0 Å². The first-order chi connectivity index (χ1) is 17.7. The number of ether oxygens (including phenoxy) is 4. The SMILES string of the molecule is COc1ccc(C2=COC3CC(OCCN4CCN(c5ccccc5)CC4)CCC3C2=O)cc1OC. The topological polar surface area (TPSA) is 60.5 Å². The second-order valence-electron chi connectivity index (χ2n) is 9.72. The number of nitrogens with zero attached hydrogens (tertiary/aromatic N) is 2. The lowest BCUT2D eigenvalue weighted by Crippen LogP contribution is -2.47. The van der Waals surface area contributed by atoms with Gasteiger partial charge in [-0.2, -0.15) is 0 Å². The van der Waals surface area contributed by atoms with Crippen molar-refractivity contribution in [3.63, 3.8) is 0 Å². The highest BCUT2D eigenvalue weighted by Gasteiger charge is 2.40. The van der Waals surface area contributed by atoms with E-state index in [-0.39, 0.29) is 23.9 Å². The maximum Gasteiger partial charge on any atom is 0.173 e. The number of allylic oxidation sites excluding steroid dienone is 1. The number of anilines is 1. The second-order valence-corrected chi connectivity index (χ2v) is 9.72. The third-order valence-corrected chi connectivity index (χ3v) is 7.66. The summed E-state index contributed by atoms with van der Waals surface area (Å²) in [5.41, 5.74) is 2.70. The van der Waals surface area contributed by atoms with Crippen LogP contribution in [0.1, 0.15) is 24.8 Å². The Kier molecular flexibility index (Phi) is 7.78. The van der Waals surface area contributed by atoms with Gasteiger partial charge in [-0.3, -0.25) is 9.69 Å². The van der Waals surface area contributed by atoms with Gasteiger partial charge < -0.3 is 23.8 Å². The number of piperazine rings is 1. The van der Waals surface area contributed by atoms with Crippen molar-refractivity contribution in [2.45, 2.75) is 31.5 Å². The number of carbonyl (C=O) groups is 1. The molecule has 0 bridgehead atoms. The molecule has 2 aliphatic heterocycles. The summed E-state index contributed by atoms with van der Waals surface area (Å²) in [6.45, 7) is 5.85. The third-order valence-electron chi connectivity index (χ3n) is 7.66. The summed E-state index contributed by atoms with van der Waals surface area (Å²) in [6.07, 6.45) is 4.08. The average molecular weight is 493 g/mol. The summed E-state index contributed by atoms with van der Waals surface area (Å²) in [5.74, 6) is 1.27. The van der Waals surface area contributed by atoms with Gasteiger partial charge in [0.25, 0.3) is 0 Å². The van der Waals surface area contributed by atoms with E-state index in [2.05, 4.69) is 40.1 Å². The Labute approximate surface area is 213 Å². The number of benzene rings is 2. The van der Waals surface area contributed by atoms with Crippen molar-refractivity contribution < 1.29 is 23.7 Å². The molecule has 5 rings (SSSR count). The van der Waals surface area contributed by atoms with E-state index in [1.165, 1.54) is 5.69 Å². The van der Waals surface area contributed by atoms with Crippen LogP contribution < -0.4 is 14.4 Å². The zero-order valence-corrected chi connectivity index (χ0v) is 21.2. The molecule has 192 valence electrons. The molecule has 2 fully saturated rings. The van der Waals surface area contributed by atoms with Gasteiger partial charge >= 0.3 is 0 Å². The van der Waals surface area contributed by atoms with Crippen LogP contribution in [-0.4, -0.2) is 76.4 Å². The summed E-state index contributed by atoms with van der Waals surface area (Å²) in [6, 6.07) is 16.1. The maximum atomic E-state index is 13.3. The van der Waals surface area contributed by atoms with Crippen molar-refractivity contribution in [2.24, 2.45) is 5.92 Å². The average Bonchev–Trinajstić information content (AvgIpc) is 2.94. The molecule has 1 aliphatic carbocycles. The van der Waals surface area contributed by atoms with Gasteiger partial charge in [0.15, 0.2) is 17.3 Å². The predicted molar refractivity (Wildman–Crippen MR) is 140 cm³/mol. The fraction of sp³-hybridized carbons (Fsp3) is 0.483. The number of fused-ring (bicyclic) bond motifs is 1. The molecule has 0 amide bonds. The number of hydrogen-bond acceptors (Lipinski definition) is 7. The van der Waals surface area contributed by atoms with Gasteiger partial charge in [-0.1, -0.05) is 24.3 Å². The summed E-state index contributed by atoms with van der Waals surface area (Å²) in [4.78, 5) is 18.2. The minimum absolute atomic E-state index is 0.116. The first-order valence-corrected chi connectivity index (χ1v) is 12.9. The number of hydrogen-bond donors (Lipinski definition) is 0. The largest absolute Gasteiger partial charge is 0.496 e. The molecule has 2 heterocycles. The molecule has 2 aromatic rings. The molecule has 0 spiro atoms. The zero-order chi connectivity index (χ0) is 24.9. The lowest BCUT2D eigenvalue weighted by molar-refractivity contribution is -0.128. The van der Waals surface area contributed by atoms with Crippen LogP contribution in [-0.2, 0) is 14.3 Å². The van der Waals surface area contributed by atoms with Crippen LogP contribution in [0.5, 0.6) is 11.5 Å². The number of Topliss-reactive ketones (excluding diaryl/α,β-unsaturated/α-hetero) is 1. The summed E-state index contributed by atoms with van der Waals surface area (Å²) in [5, 5.41) is 0. The van der Waals surface area contributed by atoms with Gasteiger partial charge in [-0.15, -0.1) is 0 Å². The van der Waals surface area contributed by atoms with Crippen LogP contribution in [0.4, 0.5) is 5.69 Å². The monoisotopic (exact) mass is 492 g/mol. The molecule has 3 aliphatic rings. The first kappa shape index (κ1) is 24.7. The van der Waals surface area contributed by atoms with Crippen molar-refractivity contribution in [3.8, 4) is 11.5 Å². The van der Waals surface area contributed by atoms with E-state index in [4.69, 9.17) is 18.9 Å². The van der Waals surface area contributed by atoms with Crippen molar-refractivity contribution in [2.75, 3.05) is 58.5 Å². The van der Waals surface area contributed by atoms with Crippen molar-refractivity contribution in [1.82, 2.24) is 4.90 Å². The van der Waals surface area contributed by atoms with Crippen LogP contribution in [0.25, 0.3) is 5.57 Å². The standard InChI is InChI=1S/C29H36N2O5/c1-33-26-11-8-21(18-28(26)34-2)25-20-36-27-19-23(9-10-24(27)29(25)32)35-17-16-30-12-14-31(15-13-30)22-6-4-3-5-7-22/h3-8,11,18,20,23-24,27H,9-10,12-17,19H2,1-2H3. The van der Waals surface area contributed by atoms with Crippen LogP contribution in [0.2, 0.25) is 0 Å². The number of rotatable bonds is 8. The van der Waals surface area contributed by atoms with E-state index in [0.717, 1.165) is 57.5 Å². The Bertz CT molecular complexity index is 1060. The highest BCUT2D eigenvalue weighted by atomic mass is 16.5. The Morgan fingerprint density at radius 2 is 1.72 bits per heavy atom. The minimum Gasteiger partial charge on any atom is -0.496 e. The van der Waals surface area contributed by atoms with Crippen LogP contribution in [0.15, 0.2) is 54.8 Å². The van der Waals surface area contributed by atoms with Crippen LogP contribution in [0.3, 0.4) is 0 Å². The summed E-state index contributed by atoms with van der Waals surface area (Å²) < 4.78 is 23.1. The Hall–Kier alpha value is -3.03. The van der Waals surface area contributed by atoms with E-state index in [1.807, 2.05) is 18.2 Å². The normalized spacial score (nSPS) is 24.5. The van der Waals surface area contributed by atoms with E-state index in [0.29, 0.717) is 23.7 Å². The Balaban J connectivity index is 1.09. The van der Waals surface area contributed by atoms with Crippen molar-refractivity contribution in [1.29, 1.82) is 0 Å². The van der Waals surface area contributed by atoms with Gasteiger partial charge in [0.1, 0.15) is 6.10 Å². The number of ketones is 1. The Morgan fingerprint density at radius 1 is 0.944 bits per heavy atom. The molecule has 1 saturated heterocycles. The van der Waals surface area contributed by atoms with E-state index in [9.17, 15) is 4.79 Å². The molecule has 2 aromatic carbocycles. The van der Waals surface area contributed by atoms with Crippen molar-refractivity contribution >= 4 is 17.0 Å². The Morgan fingerprint density at radius 3 is 2.47 bits per heavy atom. The van der Waals surface area contributed by atoms with E-state index in [1.54, 1.807) is 20.5 Å². The highest BCUT2D eigenvalue weighted by Crippen LogP contribution is 2.39. The molecular weight excluding hydrogens is 456 g/mol. The quantitative estimate of drug-likeness (QED) is 0.552. The molecule has 1 saturated carbocycles. The van der Waals surface area contributed by atoms with E-state index < -0.39 is 0 Å². The minimum atomic E-state index is -0.121. The molecule has 7 nitrogen and oxygen atoms in total. The third kappa shape index (κ3) is 5.37. The van der Waals surface area contributed by atoms with Gasteiger partial charge in [0.2, 0.25) is 0 Å². The lowest BCUT2D eigenvalue weighted by atomic mass is 9.78.